The molecule has 0 aliphatic heterocycles. The number of carboxylic acids is 1. The van der Waals surface area contributed by atoms with Crippen LogP contribution in [0.15, 0.2) is 0 Å². The highest BCUT2D eigenvalue weighted by molar-refractivity contribution is 5.85. The van der Waals surface area contributed by atoms with Crippen LogP contribution in [-0.4, -0.2) is 35.5 Å². The third-order valence-electron chi connectivity index (χ3n) is 6.67. The predicted octanol–water partition coefficient (Wildman–Crippen LogP) is 1.93. The van der Waals surface area contributed by atoms with Crippen LogP contribution in [0.2, 0.25) is 0 Å². The van der Waals surface area contributed by atoms with Crippen molar-refractivity contribution in [3.05, 3.63) is 0 Å². The zero-order valence-corrected chi connectivity index (χ0v) is 15.2. The van der Waals surface area contributed by atoms with Crippen LogP contribution in [0.1, 0.15) is 58.8 Å². The molecule has 2 unspecified atom stereocenters. The summed E-state index contributed by atoms with van der Waals surface area (Å²) < 4.78 is 0. The topological polar surface area (TPSA) is 95.5 Å². The quantitative estimate of drug-likeness (QED) is 0.654. The highest BCUT2D eigenvalue weighted by atomic mass is 16.4. The highest BCUT2D eigenvalue weighted by Crippen LogP contribution is 2.61. The van der Waals surface area contributed by atoms with Crippen LogP contribution >= 0.6 is 0 Å². The molecule has 0 heterocycles. The van der Waals surface area contributed by atoms with Gasteiger partial charge < -0.3 is 15.7 Å². The Hall–Kier alpha value is -1.59. The van der Waals surface area contributed by atoms with Crippen LogP contribution < -0.4 is 10.6 Å². The fourth-order valence-corrected chi connectivity index (χ4v) is 5.73. The van der Waals surface area contributed by atoms with Crippen LogP contribution in [0.5, 0.6) is 0 Å². The monoisotopic (exact) mass is 350 g/mol. The molecule has 2 atom stereocenters. The first-order valence-corrected chi connectivity index (χ1v) is 9.55. The number of hydrogen-bond donors (Lipinski definition) is 3. The summed E-state index contributed by atoms with van der Waals surface area (Å²) in [7, 11) is 0. The molecule has 140 valence electrons. The lowest BCUT2D eigenvalue weighted by Crippen LogP contribution is -2.49. The summed E-state index contributed by atoms with van der Waals surface area (Å²) in [5.41, 5.74) is 0.167. The third-order valence-corrected chi connectivity index (χ3v) is 6.67. The second-order valence-corrected chi connectivity index (χ2v) is 8.85. The van der Waals surface area contributed by atoms with E-state index in [1.165, 1.54) is 38.5 Å². The van der Waals surface area contributed by atoms with Gasteiger partial charge in [0.2, 0.25) is 11.8 Å². The summed E-state index contributed by atoms with van der Waals surface area (Å²) in [5, 5.41) is 14.3. The maximum Gasteiger partial charge on any atom is 0.308 e. The summed E-state index contributed by atoms with van der Waals surface area (Å²) in [6.07, 6.45) is 8.10. The molecule has 0 aromatic rings. The SMILES string of the molecule is CC(NC(=O)CNC(=O)CC12CC3CC(CC(C3)C1)C2)C(C)C(=O)O. The van der Waals surface area contributed by atoms with Crippen LogP contribution in [0.4, 0.5) is 0 Å². The molecular formula is C19H30N2O4. The van der Waals surface area contributed by atoms with Crippen molar-refractivity contribution in [1.82, 2.24) is 10.6 Å². The number of carbonyl (C=O) groups excluding carboxylic acids is 2. The first kappa shape index (κ1) is 18.2. The molecule has 0 aromatic carbocycles. The van der Waals surface area contributed by atoms with Crippen molar-refractivity contribution in [2.75, 3.05) is 6.54 Å². The van der Waals surface area contributed by atoms with Gasteiger partial charge in [-0.05, 0) is 75.5 Å². The van der Waals surface area contributed by atoms with Crippen LogP contribution in [0.3, 0.4) is 0 Å². The Morgan fingerprint density at radius 3 is 2.00 bits per heavy atom. The average Bonchev–Trinajstić information content (AvgIpc) is 2.50. The molecule has 25 heavy (non-hydrogen) atoms. The Labute approximate surface area is 149 Å². The molecule has 4 rings (SSSR count). The summed E-state index contributed by atoms with van der Waals surface area (Å²) >= 11 is 0. The molecule has 0 spiro atoms. The second-order valence-electron chi connectivity index (χ2n) is 8.85. The zero-order chi connectivity index (χ0) is 18.2. The number of hydrogen-bond acceptors (Lipinski definition) is 3. The first-order chi connectivity index (χ1) is 11.8. The minimum Gasteiger partial charge on any atom is -0.481 e. The molecule has 4 aliphatic carbocycles. The van der Waals surface area contributed by atoms with Gasteiger partial charge >= 0.3 is 5.97 Å². The smallest absolute Gasteiger partial charge is 0.308 e. The minimum atomic E-state index is -0.946. The first-order valence-electron chi connectivity index (χ1n) is 9.55. The van der Waals surface area contributed by atoms with Crippen LogP contribution in [0.25, 0.3) is 0 Å². The van der Waals surface area contributed by atoms with Crippen molar-refractivity contribution >= 4 is 17.8 Å². The molecule has 3 N–H and O–H groups in total. The summed E-state index contributed by atoms with van der Waals surface area (Å²) in [6, 6.07) is -0.468. The fraction of sp³-hybridized carbons (Fsp3) is 0.842. The van der Waals surface area contributed by atoms with E-state index in [4.69, 9.17) is 5.11 Å². The Bertz CT molecular complexity index is 524. The van der Waals surface area contributed by atoms with Gasteiger partial charge in [0.05, 0.1) is 12.5 Å². The van der Waals surface area contributed by atoms with Gasteiger partial charge in [0, 0.05) is 12.5 Å². The number of amides is 2. The number of nitrogens with one attached hydrogen (secondary N) is 2. The van der Waals surface area contributed by atoms with Gasteiger partial charge in [-0.25, -0.2) is 0 Å². The van der Waals surface area contributed by atoms with E-state index < -0.39 is 17.9 Å². The van der Waals surface area contributed by atoms with E-state index in [0.29, 0.717) is 6.42 Å². The number of carbonyl (C=O) groups is 3. The van der Waals surface area contributed by atoms with Gasteiger partial charge in [-0.2, -0.15) is 0 Å². The number of aliphatic carboxylic acids is 1. The Kier molecular flexibility index (Phi) is 5.07. The molecule has 4 saturated carbocycles. The molecule has 0 saturated heterocycles. The van der Waals surface area contributed by atoms with Gasteiger partial charge in [-0.15, -0.1) is 0 Å². The van der Waals surface area contributed by atoms with Crippen molar-refractivity contribution in [2.24, 2.45) is 29.1 Å². The maximum absolute atomic E-state index is 12.4. The summed E-state index contributed by atoms with van der Waals surface area (Å²) in [4.78, 5) is 35.2. The molecule has 4 fully saturated rings. The second kappa shape index (κ2) is 6.96. The van der Waals surface area contributed by atoms with E-state index in [0.717, 1.165) is 17.8 Å². The summed E-state index contributed by atoms with van der Waals surface area (Å²) in [6.45, 7) is 3.13. The minimum absolute atomic E-state index is 0.0453. The molecule has 4 bridgehead atoms. The average molecular weight is 350 g/mol. The van der Waals surface area contributed by atoms with Crippen molar-refractivity contribution in [3.63, 3.8) is 0 Å². The van der Waals surface area contributed by atoms with Gasteiger partial charge in [0.1, 0.15) is 0 Å². The van der Waals surface area contributed by atoms with Gasteiger partial charge in [-0.1, -0.05) is 0 Å². The molecule has 0 aromatic heterocycles. The highest BCUT2D eigenvalue weighted by Gasteiger charge is 2.51. The normalized spacial score (nSPS) is 35.0. The molecule has 6 heteroatoms. The molecule has 0 radical (unpaired) electrons. The van der Waals surface area contributed by atoms with Crippen molar-refractivity contribution in [3.8, 4) is 0 Å². The molecular weight excluding hydrogens is 320 g/mol. The molecule has 2 amide bonds. The van der Waals surface area contributed by atoms with Crippen molar-refractivity contribution < 1.29 is 19.5 Å². The summed E-state index contributed by atoms with van der Waals surface area (Å²) in [5.74, 6) is 0.433. The Balaban J connectivity index is 1.44. The van der Waals surface area contributed by atoms with E-state index >= 15 is 0 Å². The maximum atomic E-state index is 12.4. The van der Waals surface area contributed by atoms with Gasteiger partial charge in [0.15, 0.2) is 0 Å². The fourth-order valence-electron chi connectivity index (χ4n) is 5.73. The Morgan fingerprint density at radius 2 is 1.52 bits per heavy atom. The number of rotatable bonds is 7. The van der Waals surface area contributed by atoms with Crippen LogP contribution in [-0.2, 0) is 14.4 Å². The Morgan fingerprint density at radius 1 is 1.00 bits per heavy atom. The molecule has 4 aliphatic rings. The largest absolute Gasteiger partial charge is 0.481 e. The van der Waals surface area contributed by atoms with Crippen LogP contribution in [0, 0.1) is 29.1 Å². The number of carboxylic acid groups (broad SMARTS) is 1. The lowest BCUT2D eigenvalue weighted by molar-refractivity contribution is -0.142. The van der Waals surface area contributed by atoms with Crippen molar-refractivity contribution in [1.29, 1.82) is 0 Å². The third kappa shape index (κ3) is 4.15. The van der Waals surface area contributed by atoms with Crippen molar-refractivity contribution in [2.45, 2.75) is 64.8 Å². The van der Waals surface area contributed by atoms with E-state index in [-0.39, 0.29) is 23.8 Å². The molecule has 6 nitrogen and oxygen atoms in total. The zero-order valence-electron chi connectivity index (χ0n) is 15.2. The van der Waals surface area contributed by atoms with E-state index in [1.54, 1.807) is 13.8 Å². The van der Waals surface area contributed by atoms with Gasteiger partial charge in [-0.3, -0.25) is 14.4 Å². The standard InChI is InChI=1S/C19H30N2O4/c1-11(18(24)25)12(2)21-17(23)10-20-16(22)9-19-6-13-3-14(7-19)5-15(4-13)8-19/h11-15H,3-10H2,1-2H3,(H,20,22)(H,21,23)(H,24,25). The van der Waals surface area contributed by atoms with E-state index in [1.807, 2.05) is 0 Å². The lowest BCUT2D eigenvalue weighted by atomic mass is 9.49. The predicted molar refractivity (Wildman–Crippen MR) is 92.6 cm³/mol. The lowest BCUT2D eigenvalue weighted by Gasteiger charge is -2.56. The van der Waals surface area contributed by atoms with Gasteiger partial charge in [0.25, 0.3) is 0 Å². The van der Waals surface area contributed by atoms with E-state index in [2.05, 4.69) is 10.6 Å². The van der Waals surface area contributed by atoms with E-state index in [9.17, 15) is 14.4 Å².